The summed E-state index contributed by atoms with van der Waals surface area (Å²) in [5.41, 5.74) is 1.84. The summed E-state index contributed by atoms with van der Waals surface area (Å²) in [7, 11) is -3.52. The number of amides is 1. The molecule has 6 nitrogen and oxygen atoms in total. The van der Waals surface area contributed by atoms with E-state index in [-0.39, 0.29) is 11.8 Å². The van der Waals surface area contributed by atoms with Crippen LogP contribution in [0.3, 0.4) is 0 Å². The zero-order valence-corrected chi connectivity index (χ0v) is 18.2. The van der Waals surface area contributed by atoms with Crippen LogP contribution < -0.4 is 9.62 Å². The van der Waals surface area contributed by atoms with Gasteiger partial charge in [-0.1, -0.05) is 13.3 Å². The molecule has 4 rings (SSSR count). The molecule has 2 fully saturated rings. The number of nitrogens with zero attached hydrogens (tertiary/aromatic N) is 2. The molecule has 1 N–H and O–H groups in total. The van der Waals surface area contributed by atoms with E-state index in [4.69, 9.17) is 0 Å². The monoisotopic (exact) mass is 419 g/mol. The van der Waals surface area contributed by atoms with Crippen LogP contribution in [0.15, 0.2) is 23.1 Å². The molecule has 160 valence electrons. The number of sulfonamides is 1. The van der Waals surface area contributed by atoms with E-state index < -0.39 is 10.0 Å². The Labute approximate surface area is 174 Å². The molecule has 1 saturated carbocycles. The van der Waals surface area contributed by atoms with Crippen LogP contribution in [-0.2, 0) is 21.2 Å². The molecule has 0 unspecified atom stereocenters. The third kappa shape index (κ3) is 4.67. The molecule has 0 radical (unpaired) electrons. The van der Waals surface area contributed by atoms with Gasteiger partial charge in [0.2, 0.25) is 15.9 Å². The molecule has 1 aliphatic carbocycles. The number of rotatable bonds is 8. The Balaban J connectivity index is 1.32. The largest absolute Gasteiger partial charge is 0.312 e. The Morgan fingerprint density at radius 1 is 1.17 bits per heavy atom. The van der Waals surface area contributed by atoms with Crippen LogP contribution in [0.4, 0.5) is 5.69 Å². The van der Waals surface area contributed by atoms with Gasteiger partial charge in [-0.2, -0.15) is 0 Å². The first-order valence-electron chi connectivity index (χ1n) is 11.2. The Bertz CT molecular complexity index is 851. The summed E-state index contributed by atoms with van der Waals surface area (Å²) in [6, 6.07) is 5.84. The highest BCUT2D eigenvalue weighted by Crippen LogP contribution is 2.37. The molecule has 1 aromatic carbocycles. The maximum atomic E-state index is 12.7. The van der Waals surface area contributed by atoms with Crippen molar-refractivity contribution in [1.82, 2.24) is 9.62 Å². The quantitative estimate of drug-likeness (QED) is 0.658. The van der Waals surface area contributed by atoms with E-state index in [0.717, 1.165) is 50.0 Å². The predicted molar refractivity (Wildman–Crippen MR) is 115 cm³/mol. The number of likely N-dealkylation sites (tertiary alicyclic amines) is 1. The van der Waals surface area contributed by atoms with E-state index in [2.05, 4.69) is 16.5 Å². The van der Waals surface area contributed by atoms with E-state index in [1.54, 1.807) is 18.2 Å². The molecule has 1 amide bonds. The Morgan fingerprint density at radius 3 is 2.76 bits per heavy atom. The van der Waals surface area contributed by atoms with Crippen LogP contribution in [0, 0.1) is 5.92 Å². The van der Waals surface area contributed by atoms with E-state index in [9.17, 15) is 13.2 Å². The van der Waals surface area contributed by atoms with Gasteiger partial charge in [-0.25, -0.2) is 13.1 Å². The number of carbonyl (C=O) groups excluding carboxylic acids is 1. The van der Waals surface area contributed by atoms with Gasteiger partial charge >= 0.3 is 0 Å². The molecule has 1 aromatic rings. The predicted octanol–water partition coefficient (Wildman–Crippen LogP) is 2.92. The molecular formula is C22H33N3O3S. The minimum absolute atomic E-state index is 0.179. The van der Waals surface area contributed by atoms with E-state index in [1.165, 1.54) is 25.7 Å². The summed E-state index contributed by atoms with van der Waals surface area (Å²) >= 11 is 0. The summed E-state index contributed by atoms with van der Waals surface area (Å²) in [5, 5.41) is 0. The molecule has 2 heterocycles. The summed E-state index contributed by atoms with van der Waals surface area (Å²) in [6.45, 7) is 5.43. The number of piperidine rings is 1. The van der Waals surface area contributed by atoms with Gasteiger partial charge in [0, 0.05) is 30.7 Å². The molecular weight excluding hydrogens is 386 g/mol. The first kappa shape index (κ1) is 20.8. The number of hydrogen-bond acceptors (Lipinski definition) is 4. The van der Waals surface area contributed by atoms with Crippen LogP contribution in [0.2, 0.25) is 0 Å². The summed E-state index contributed by atoms with van der Waals surface area (Å²) in [6.07, 6.45) is 8.50. The van der Waals surface area contributed by atoms with Crippen molar-refractivity contribution in [2.75, 3.05) is 31.1 Å². The molecule has 1 atom stereocenters. The van der Waals surface area contributed by atoms with E-state index >= 15 is 0 Å². The molecule has 0 aromatic heterocycles. The highest BCUT2D eigenvalue weighted by atomic mass is 32.2. The van der Waals surface area contributed by atoms with Crippen molar-refractivity contribution in [3.8, 4) is 0 Å². The van der Waals surface area contributed by atoms with Gasteiger partial charge in [0.1, 0.15) is 0 Å². The Kier molecular flexibility index (Phi) is 6.27. The highest BCUT2D eigenvalue weighted by molar-refractivity contribution is 7.89. The fourth-order valence-electron chi connectivity index (χ4n) is 4.71. The third-order valence-corrected chi connectivity index (χ3v) is 8.04. The number of anilines is 1. The zero-order chi connectivity index (χ0) is 20.4. The van der Waals surface area contributed by atoms with Gasteiger partial charge in [0.05, 0.1) is 4.90 Å². The van der Waals surface area contributed by atoms with Gasteiger partial charge in [0.15, 0.2) is 0 Å². The standard InChI is InChI=1S/C22H33N3O3S/c1-2-19-6-3-4-13-24(19)14-5-12-23-29(27,28)20-9-10-21-18(16-20)11-15-25(21)22(26)17-7-8-17/h9-10,16-17,19,23H,2-8,11-15H2,1H3/t19-/m1/s1. The lowest BCUT2D eigenvalue weighted by Gasteiger charge is -2.35. The lowest BCUT2D eigenvalue weighted by atomic mass is 10.00. The lowest BCUT2D eigenvalue weighted by Crippen LogP contribution is -2.40. The van der Waals surface area contributed by atoms with Crippen LogP contribution in [-0.4, -0.2) is 51.4 Å². The summed E-state index contributed by atoms with van der Waals surface area (Å²) < 4.78 is 28.2. The Morgan fingerprint density at radius 2 is 2.00 bits per heavy atom. The normalized spacial score (nSPS) is 22.7. The first-order valence-corrected chi connectivity index (χ1v) is 12.7. The molecule has 3 aliphatic rings. The summed E-state index contributed by atoms with van der Waals surface area (Å²) in [5.74, 6) is 0.374. The van der Waals surface area contributed by atoms with Gasteiger partial charge in [-0.05, 0) is 81.8 Å². The highest BCUT2D eigenvalue weighted by Gasteiger charge is 2.36. The first-order chi connectivity index (χ1) is 14.0. The SMILES string of the molecule is CC[C@@H]1CCCCN1CCCNS(=O)(=O)c1ccc2c(c1)CCN2C(=O)C1CC1. The number of nitrogens with one attached hydrogen (secondary N) is 1. The van der Waals surface area contributed by atoms with Gasteiger partial charge < -0.3 is 9.80 Å². The fraction of sp³-hybridized carbons (Fsp3) is 0.682. The second kappa shape index (κ2) is 8.74. The average molecular weight is 420 g/mol. The van der Waals surface area contributed by atoms with Crippen LogP contribution in [0.25, 0.3) is 0 Å². The smallest absolute Gasteiger partial charge is 0.240 e. The van der Waals surface area contributed by atoms with Crippen molar-refractivity contribution < 1.29 is 13.2 Å². The van der Waals surface area contributed by atoms with E-state index in [1.807, 2.05) is 4.90 Å². The number of carbonyl (C=O) groups is 1. The molecule has 0 spiro atoms. The molecule has 0 bridgehead atoms. The van der Waals surface area contributed by atoms with Gasteiger partial charge in [-0.15, -0.1) is 0 Å². The van der Waals surface area contributed by atoms with Gasteiger partial charge in [-0.3, -0.25) is 4.79 Å². The maximum Gasteiger partial charge on any atom is 0.240 e. The number of hydrogen-bond donors (Lipinski definition) is 1. The lowest BCUT2D eigenvalue weighted by molar-refractivity contribution is -0.119. The summed E-state index contributed by atoms with van der Waals surface area (Å²) in [4.78, 5) is 17.0. The van der Waals surface area contributed by atoms with Crippen molar-refractivity contribution in [2.24, 2.45) is 5.92 Å². The molecule has 29 heavy (non-hydrogen) atoms. The van der Waals surface area contributed by atoms with E-state index in [0.29, 0.717) is 24.0 Å². The minimum atomic E-state index is -3.52. The maximum absolute atomic E-state index is 12.7. The second-order valence-corrected chi connectivity index (χ2v) is 10.4. The van der Waals surface area contributed by atoms with Crippen LogP contribution >= 0.6 is 0 Å². The van der Waals surface area contributed by atoms with Crippen molar-refractivity contribution in [2.45, 2.75) is 69.2 Å². The second-order valence-electron chi connectivity index (χ2n) is 8.65. The Hall–Kier alpha value is -1.44. The fourth-order valence-corrected chi connectivity index (χ4v) is 5.84. The molecule has 2 aliphatic heterocycles. The topological polar surface area (TPSA) is 69.7 Å². The molecule has 1 saturated heterocycles. The number of fused-ring (bicyclic) bond motifs is 1. The van der Waals surface area contributed by atoms with Crippen molar-refractivity contribution in [3.63, 3.8) is 0 Å². The minimum Gasteiger partial charge on any atom is -0.312 e. The van der Waals surface area contributed by atoms with Crippen LogP contribution in [0.1, 0.15) is 57.4 Å². The third-order valence-electron chi connectivity index (χ3n) is 6.58. The number of benzene rings is 1. The molecule has 7 heteroatoms. The van der Waals surface area contributed by atoms with Crippen molar-refractivity contribution in [1.29, 1.82) is 0 Å². The van der Waals surface area contributed by atoms with Crippen molar-refractivity contribution in [3.05, 3.63) is 23.8 Å². The zero-order valence-electron chi connectivity index (χ0n) is 17.4. The van der Waals surface area contributed by atoms with Gasteiger partial charge in [0.25, 0.3) is 0 Å². The average Bonchev–Trinajstić information content (AvgIpc) is 3.50. The van der Waals surface area contributed by atoms with Crippen LogP contribution in [0.5, 0.6) is 0 Å². The van der Waals surface area contributed by atoms with Crippen molar-refractivity contribution >= 4 is 21.6 Å².